The van der Waals surface area contributed by atoms with Gasteiger partial charge in [0.2, 0.25) is 5.76 Å². The van der Waals surface area contributed by atoms with Gasteiger partial charge >= 0.3 is 0 Å². The Balaban J connectivity index is 1.72. The number of nitrogen functional groups attached to an aromatic ring is 1. The third-order valence-electron chi connectivity index (χ3n) is 2.18. The van der Waals surface area contributed by atoms with E-state index in [0.29, 0.717) is 24.6 Å². The molecule has 0 aliphatic carbocycles. The van der Waals surface area contributed by atoms with Crippen LogP contribution in [0, 0.1) is 0 Å². The summed E-state index contributed by atoms with van der Waals surface area (Å²) in [6.07, 6.45) is 1.41. The van der Waals surface area contributed by atoms with Crippen LogP contribution in [0.15, 0.2) is 41.1 Å². The molecule has 2 rings (SSSR count). The van der Waals surface area contributed by atoms with E-state index in [-0.39, 0.29) is 11.7 Å². The number of benzene rings is 1. The third-order valence-corrected chi connectivity index (χ3v) is 2.18. The lowest BCUT2D eigenvalue weighted by Gasteiger charge is -2.07. The van der Waals surface area contributed by atoms with Gasteiger partial charge in [-0.05, 0) is 12.1 Å². The highest BCUT2D eigenvalue weighted by Gasteiger charge is 2.08. The summed E-state index contributed by atoms with van der Waals surface area (Å²) in [6.45, 7) is 0.720. The first kappa shape index (κ1) is 12.0. The highest BCUT2D eigenvalue weighted by Crippen LogP contribution is 2.13. The zero-order valence-corrected chi connectivity index (χ0v) is 9.63. The van der Waals surface area contributed by atoms with Crippen LogP contribution in [0.1, 0.15) is 10.6 Å². The first-order valence-corrected chi connectivity index (χ1v) is 5.43. The second-order valence-corrected chi connectivity index (χ2v) is 3.55. The second-order valence-electron chi connectivity index (χ2n) is 3.55. The number of rotatable bonds is 5. The van der Waals surface area contributed by atoms with Gasteiger partial charge in [0.25, 0.3) is 5.91 Å². The van der Waals surface area contributed by atoms with Crippen molar-refractivity contribution in [1.82, 2.24) is 10.5 Å². The topological polar surface area (TPSA) is 90.4 Å². The Hall–Kier alpha value is -2.50. The van der Waals surface area contributed by atoms with Crippen LogP contribution in [0.5, 0.6) is 5.75 Å². The van der Waals surface area contributed by atoms with Gasteiger partial charge in [-0.1, -0.05) is 11.2 Å². The average Bonchev–Trinajstić information content (AvgIpc) is 2.88. The highest BCUT2D eigenvalue weighted by molar-refractivity contribution is 5.91. The molecule has 0 aliphatic rings. The molecule has 0 aliphatic heterocycles. The number of carbonyl (C=O) groups excluding carboxylic acids is 1. The van der Waals surface area contributed by atoms with Crippen molar-refractivity contribution < 1.29 is 14.1 Å². The zero-order chi connectivity index (χ0) is 12.8. The molecule has 94 valence electrons. The Bertz CT molecular complexity index is 511. The summed E-state index contributed by atoms with van der Waals surface area (Å²) in [5, 5.41) is 6.09. The van der Waals surface area contributed by atoms with Gasteiger partial charge in [-0.3, -0.25) is 4.79 Å². The van der Waals surface area contributed by atoms with Crippen LogP contribution in [0.2, 0.25) is 0 Å². The maximum absolute atomic E-state index is 11.5. The molecular weight excluding hydrogens is 234 g/mol. The van der Waals surface area contributed by atoms with Crippen LogP contribution >= 0.6 is 0 Å². The van der Waals surface area contributed by atoms with Crippen molar-refractivity contribution in [3.63, 3.8) is 0 Å². The summed E-state index contributed by atoms with van der Waals surface area (Å²) in [4.78, 5) is 11.5. The normalized spacial score (nSPS) is 10.0. The van der Waals surface area contributed by atoms with Crippen LogP contribution in [-0.4, -0.2) is 24.2 Å². The number of hydrogen-bond acceptors (Lipinski definition) is 5. The molecule has 1 aromatic carbocycles. The monoisotopic (exact) mass is 247 g/mol. The molecule has 0 saturated heterocycles. The Morgan fingerprint density at radius 1 is 1.44 bits per heavy atom. The van der Waals surface area contributed by atoms with Crippen molar-refractivity contribution in [2.24, 2.45) is 0 Å². The zero-order valence-electron chi connectivity index (χ0n) is 9.63. The quantitative estimate of drug-likeness (QED) is 0.609. The molecule has 1 amide bonds. The Morgan fingerprint density at radius 2 is 2.33 bits per heavy atom. The first-order chi connectivity index (χ1) is 8.75. The van der Waals surface area contributed by atoms with Gasteiger partial charge in [-0.2, -0.15) is 0 Å². The summed E-state index contributed by atoms with van der Waals surface area (Å²) in [6, 6.07) is 8.59. The Labute approximate surface area is 104 Å². The van der Waals surface area contributed by atoms with Crippen molar-refractivity contribution in [2.45, 2.75) is 0 Å². The molecule has 6 heteroatoms. The lowest BCUT2D eigenvalue weighted by Crippen LogP contribution is -2.27. The predicted octanol–water partition coefficient (Wildman–Crippen LogP) is 1.07. The fourth-order valence-electron chi connectivity index (χ4n) is 1.36. The molecule has 0 spiro atoms. The van der Waals surface area contributed by atoms with Crippen molar-refractivity contribution >= 4 is 11.6 Å². The lowest BCUT2D eigenvalue weighted by atomic mass is 10.3. The van der Waals surface area contributed by atoms with Gasteiger partial charge in [-0.25, -0.2) is 0 Å². The summed E-state index contributed by atoms with van der Waals surface area (Å²) in [7, 11) is 0. The smallest absolute Gasteiger partial charge is 0.290 e. The molecule has 0 unspecified atom stereocenters. The molecule has 1 aromatic heterocycles. The van der Waals surface area contributed by atoms with Crippen LogP contribution in [0.25, 0.3) is 0 Å². The number of nitrogens with one attached hydrogen (secondary N) is 1. The van der Waals surface area contributed by atoms with Gasteiger partial charge < -0.3 is 20.3 Å². The van der Waals surface area contributed by atoms with Gasteiger partial charge in [0.05, 0.1) is 12.7 Å². The number of aromatic nitrogens is 1. The van der Waals surface area contributed by atoms with Crippen LogP contribution in [0.3, 0.4) is 0 Å². The standard InChI is InChI=1S/C12H13N3O3/c13-9-2-1-3-10(8-9)17-7-6-14-12(16)11-4-5-15-18-11/h1-5,8H,6-7,13H2,(H,14,16). The summed E-state index contributed by atoms with van der Waals surface area (Å²) < 4.78 is 10.1. The van der Waals surface area contributed by atoms with Crippen LogP contribution < -0.4 is 15.8 Å². The number of hydrogen-bond donors (Lipinski definition) is 2. The molecule has 0 atom stereocenters. The van der Waals surface area contributed by atoms with Crippen LogP contribution in [-0.2, 0) is 0 Å². The molecule has 3 N–H and O–H groups in total. The van der Waals surface area contributed by atoms with Crippen LogP contribution in [0.4, 0.5) is 5.69 Å². The Morgan fingerprint density at radius 3 is 3.06 bits per heavy atom. The van der Waals surface area contributed by atoms with Crippen molar-refractivity contribution in [1.29, 1.82) is 0 Å². The van der Waals surface area contributed by atoms with E-state index in [1.165, 1.54) is 12.3 Å². The fraction of sp³-hybridized carbons (Fsp3) is 0.167. The lowest BCUT2D eigenvalue weighted by molar-refractivity contribution is 0.0910. The number of nitrogens with two attached hydrogens (primary N) is 1. The van der Waals surface area contributed by atoms with E-state index in [1.54, 1.807) is 24.3 Å². The molecule has 0 fully saturated rings. The van der Waals surface area contributed by atoms with E-state index in [0.717, 1.165) is 0 Å². The SMILES string of the molecule is Nc1cccc(OCCNC(=O)c2ccno2)c1. The van der Waals surface area contributed by atoms with E-state index >= 15 is 0 Å². The molecule has 2 aromatic rings. The molecular formula is C12H13N3O3. The van der Waals surface area contributed by atoms with Gasteiger partial charge in [0.15, 0.2) is 0 Å². The Kier molecular flexibility index (Phi) is 3.80. The highest BCUT2D eigenvalue weighted by atomic mass is 16.5. The molecule has 0 bridgehead atoms. The summed E-state index contributed by atoms with van der Waals surface area (Å²) in [5.41, 5.74) is 6.24. The first-order valence-electron chi connectivity index (χ1n) is 5.43. The predicted molar refractivity (Wildman–Crippen MR) is 65.2 cm³/mol. The van der Waals surface area contributed by atoms with Crippen molar-refractivity contribution in [3.05, 3.63) is 42.3 Å². The van der Waals surface area contributed by atoms with E-state index in [2.05, 4.69) is 10.5 Å². The third kappa shape index (κ3) is 3.24. The van der Waals surface area contributed by atoms with Gasteiger partial charge in [0, 0.05) is 17.8 Å². The van der Waals surface area contributed by atoms with E-state index in [1.807, 2.05) is 0 Å². The molecule has 18 heavy (non-hydrogen) atoms. The summed E-state index contributed by atoms with van der Waals surface area (Å²) >= 11 is 0. The summed E-state index contributed by atoms with van der Waals surface area (Å²) in [5.74, 6) is 0.534. The average molecular weight is 247 g/mol. The number of anilines is 1. The molecule has 1 heterocycles. The fourth-order valence-corrected chi connectivity index (χ4v) is 1.36. The number of carbonyl (C=O) groups is 1. The van der Waals surface area contributed by atoms with E-state index in [9.17, 15) is 4.79 Å². The van der Waals surface area contributed by atoms with Gasteiger partial charge in [-0.15, -0.1) is 0 Å². The number of nitrogens with zero attached hydrogens (tertiary/aromatic N) is 1. The number of ether oxygens (including phenoxy) is 1. The van der Waals surface area contributed by atoms with Crippen molar-refractivity contribution in [3.8, 4) is 5.75 Å². The molecule has 6 nitrogen and oxygen atoms in total. The number of amides is 1. The second kappa shape index (κ2) is 5.72. The minimum absolute atomic E-state index is 0.180. The maximum Gasteiger partial charge on any atom is 0.290 e. The maximum atomic E-state index is 11.5. The molecule has 0 saturated carbocycles. The largest absolute Gasteiger partial charge is 0.492 e. The minimum Gasteiger partial charge on any atom is -0.492 e. The van der Waals surface area contributed by atoms with E-state index < -0.39 is 0 Å². The van der Waals surface area contributed by atoms with Gasteiger partial charge in [0.1, 0.15) is 12.4 Å². The minimum atomic E-state index is -0.316. The molecule has 0 radical (unpaired) electrons. The van der Waals surface area contributed by atoms with E-state index in [4.69, 9.17) is 15.0 Å². The van der Waals surface area contributed by atoms with Crippen molar-refractivity contribution in [2.75, 3.05) is 18.9 Å².